The van der Waals surface area contributed by atoms with Crippen LogP contribution in [-0.4, -0.2) is 58.3 Å². The van der Waals surface area contributed by atoms with Gasteiger partial charge in [-0.2, -0.15) is 0 Å². The topological polar surface area (TPSA) is 82.6 Å². The highest BCUT2D eigenvalue weighted by Crippen LogP contribution is 2.25. The molecule has 24 heavy (non-hydrogen) atoms. The third-order valence-corrected chi connectivity index (χ3v) is 5.03. The molecular formula is C16H14N4O3S. The number of hydrogen-bond donors (Lipinski definition) is 1. The van der Waals surface area contributed by atoms with Crippen molar-refractivity contribution >= 4 is 29.2 Å². The lowest BCUT2D eigenvalue weighted by Crippen LogP contribution is -2.62. The van der Waals surface area contributed by atoms with Crippen LogP contribution in [0.25, 0.3) is 10.6 Å². The van der Waals surface area contributed by atoms with Crippen molar-refractivity contribution in [2.24, 2.45) is 0 Å². The van der Waals surface area contributed by atoms with Crippen molar-refractivity contribution < 1.29 is 14.4 Å². The van der Waals surface area contributed by atoms with E-state index in [9.17, 15) is 14.4 Å². The average Bonchev–Trinajstić information content (AvgIpc) is 3.16. The second-order valence-electron chi connectivity index (χ2n) is 5.69. The van der Waals surface area contributed by atoms with Gasteiger partial charge in [0.15, 0.2) is 0 Å². The summed E-state index contributed by atoms with van der Waals surface area (Å²) in [7, 11) is 0. The number of nitrogens with zero attached hydrogens (tertiary/aromatic N) is 3. The van der Waals surface area contributed by atoms with Gasteiger partial charge in [-0.15, -0.1) is 11.3 Å². The molecule has 2 aliphatic heterocycles. The van der Waals surface area contributed by atoms with Gasteiger partial charge in [0, 0.05) is 24.0 Å². The van der Waals surface area contributed by atoms with Gasteiger partial charge in [-0.3, -0.25) is 14.5 Å². The van der Waals surface area contributed by atoms with E-state index in [0.29, 0.717) is 18.8 Å². The summed E-state index contributed by atoms with van der Waals surface area (Å²) in [5.41, 5.74) is 1.37. The molecule has 0 spiro atoms. The van der Waals surface area contributed by atoms with Gasteiger partial charge in [0.05, 0.1) is 12.6 Å². The predicted molar refractivity (Wildman–Crippen MR) is 87.5 cm³/mol. The summed E-state index contributed by atoms with van der Waals surface area (Å²) in [6, 6.07) is 9.06. The molecule has 0 radical (unpaired) electrons. The first-order valence-corrected chi connectivity index (χ1v) is 8.41. The smallest absolute Gasteiger partial charge is 0.324 e. The number of thiazole rings is 1. The van der Waals surface area contributed by atoms with E-state index < -0.39 is 0 Å². The van der Waals surface area contributed by atoms with Crippen LogP contribution in [-0.2, 0) is 4.79 Å². The fourth-order valence-electron chi connectivity index (χ4n) is 2.84. The Labute approximate surface area is 141 Å². The van der Waals surface area contributed by atoms with E-state index in [4.69, 9.17) is 0 Å². The molecule has 2 aromatic rings. The highest BCUT2D eigenvalue weighted by atomic mass is 32.1. The van der Waals surface area contributed by atoms with Crippen LogP contribution >= 0.6 is 11.3 Å². The quantitative estimate of drug-likeness (QED) is 0.850. The first kappa shape index (κ1) is 14.8. The van der Waals surface area contributed by atoms with Crippen LogP contribution in [0.4, 0.5) is 4.79 Å². The molecule has 4 rings (SSSR count). The average molecular weight is 342 g/mol. The second-order valence-corrected chi connectivity index (χ2v) is 6.55. The van der Waals surface area contributed by atoms with Crippen LogP contribution in [0.5, 0.6) is 0 Å². The number of rotatable bonds is 3. The Hall–Kier alpha value is -2.74. The highest BCUT2D eigenvalue weighted by molar-refractivity contribution is 7.13. The highest BCUT2D eigenvalue weighted by Gasteiger charge is 2.43. The molecule has 122 valence electrons. The van der Waals surface area contributed by atoms with Crippen molar-refractivity contribution in [3.8, 4) is 10.6 Å². The van der Waals surface area contributed by atoms with E-state index >= 15 is 0 Å². The fourth-order valence-corrected chi connectivity index (χ4v) is 3.64. The van der Waals surface area contributed by atoms with Crippen LogP contribution in [0.3, 0.4) is 0 Å². The maximum atomic E-state index is 12.5. The molecule has 4 amide bonds. The van der Waals surface area contributed by atoms with E-state index in [-0.39, 0.29) is 30.4 Å². The molecule has 3 heterocycles. The van der Waals surface area contributed by atoms with Crippen LogP contribution in [0.2, 0.25) is 0 Å². The Kier molecular flexibility index (Phi) is 3.53. The standard InChI is InChI=1S/C16H14N4O3S/c21-13-6-17-16(23)20(13)11-7-19(8-11)15(22)12-9-24-14(18-12)10-4-2-1-3-5-10/h1-5,9,11H,6-8H2,(H,17,23). The molecular weight excluding hydrogens is 328 g/mol. The zero-order valence-electron chi connectivity index (χ0n) is 12.6. The second kappa shape index (κ2) is 5.72. The van der Waals surface area contributed by atoms with Gasteiger partial charge in [0.1, 0.15) is 10.7 Å². The number of carbonyl (C=O) groups excluding carboxylic acids is 3. The minimum absolute atomic E-state index is 0.0375. The SMILES string of the molecule is O=C(c1csc(-c2ccccc2)n1)N1CC(N2C(=O)CNC2=O)C1. The van der Waals surface area contributed by atoms with Crippen molar-refractivity contribution in [2.45, 2.75) is 6.04 Å². The molecule has 1 N–H and O–H groups in total. The lowest BCUT2D eigenvalue weighted by Gasteiger charge is -2.42. The summed E-state index contributed by atoms with van der Waals surface area (Å²) < 4.78 is 0. The van der Waals surface area contributed by atoms with Crippen LogP contribution < -0.4 is 5.32 Å². The number of benzene rings is 1. The number of nitrogens with one attached hydrogen (secondary N) is 1. The molecule has 8 heteroatoms. The van der Waals surface area contributed by atoms with Crippen LogP contribution in [0.15, 0.2) is 35.7 Å². The van der Waals surface area contributed by atoms with E-state index in [0.717, 1.165) is 10.6 Å². The van der Waals surface area contributed by atoms with E-state index in [2.05, 4.69) is 10.3 Å². The fraction of sp³-hybridized carbons (Fsp3) is 0.250. The zero-order chi connectivity index (χ0) is 16.7. The monoisotopic (exact) mass is 342 g/mol. The molecule has 7 nitrogen and oxygen atoms in total. The van der Waals surface area contributed by atoms with Crippen molar-refractivity contribution in [3.63, 3.8) is 0 Å². The Morgan fingerprint density at radius 3 is 2.62 bits per heavy atom. The van der Waals surface area contributed by atoms with Crippen LogP contribution in [0.1, 0.15) is 10.5 Å². The van der Waals surface area contributed by atoms with Crippen molar-refractivity contribution in [3.05, 3.63) is 41.4 Å². The number of imide groups is 1. The maximum Gasteiger partial charge on any atom is 0.324 e. The van der Waals surface area contributed by atoms with E-state index in [1.807, 2.05) is 30.3 Å². The Morgan fingerprint density at radius 1 is 1.21 bits per heavy atom. The lowest BCUT2D eigenvalue weighted by atomic mass is 10.1. The van der Waals surface area contributed by atoms with Gasteiger partial charge in [-0.05, 0) is 0 Å². The van der Waals surface area contributed by atoms with Gasteiger partial charge < -0.3 is 10.2 Å². The molecule has 1 aromatic carbocycles. The summed E-state index contributed by atoms with van der Waals surface area (Å²) >= 11 is 1.42. The minimum Gasteiger partial charge on any atom is -0.333 e. The van der Waals surface area contributed by atoms with Gasteiger partial charge in [0.2, 0.25) is 5.91 Å². The largest absolute Gasteiger partial charge is 0.333 e. The minimum atomic E-state index is -0.378. The number of likely N-dealkylation sites (tertiary alicyclic amines) is 1. The van der Waals surface area contributed by atoms with Crippen LogP contribution in [0, 0.1) is 0 Å². The molecule has 0 unspecified atom stereocenters. The van der Waals surface area contributed by atoms with Gasteiger partial charge in [-0.25, -0.2) is 9.78 Å². The van der Waals surface area contributed by atoms with Crippen molar-refractivity contribution in [1.82, 2.24) is 20.1 Å². The lowest BCUT2D eigenvalue weighted by molar-refractivity contribution is -0.128. The van der Waals surface area contributed by atoms with Gasteiger partial charge in [0.25, 0.3) is 5.91 Å². The Morgan fingerprint density at radius 2 is 1.96 bits per heavy atom. The molecule has 2 saturated heterocycles. The maximum absolute atomic E-state index is 12.5. The number of carbonyl (C=O) groups is 3. The predicted octanol–water partition coefficient (Wildman–Crippen LogP) is 1.19. The van der Waals surface area contributed by atoms with Crippen molar-refractivity contribution in [1.29, 1.82) is 0 Å². The Bertz CT molecular complexity index is 798. The summed E-state index contributed by atoms with van der Waals surface area (Å²) in [5.74, 6) is -0.408. The molecule has 0 saturated carbocycles. The molecule has 0 bridgehead atoms. The normalized spacial score (nSPS) is 17.8. The van der Waals surface area contributed by atoms with Gasteiger partial charge >= 0.3 is 6.03 Å². The molecule has 0 atom stereocenters. The summed E-state index contributed by atoms with van der Waals surface area (Å²) in [6.07, 6.45) is 0. The van der Waals surface area contributed by atoms with E-state index in [1.54, 1.807) is 10.3 Å². The zero-order valence-corrected chi connectivity index (χ0v) is 13.5. The third-order valence-electron chi connectivity index (χ3n) is 4.14. The summed E-state index contributed by atoms with van der Waals surface area (Å²) in [6.45, 7) is 0.752. The number of urea groups is 1. The first-order chi connectivity index (χ1) is 11.6. The Balaban J connectivity index is 1.42. The molecule has 0 aliphatic carbocycles. The first-order valence-electron chi connectivity index (χ1n) is 7.53. The van der Waals surface area contributed by atoms with Crippen molar-refractivity contribution in [2.75, 3.05) is 19.6 Å². The van der Waals surface area contributed by atoms with Gasteiger partial charge in [-0.1, -0.05) is 30.3 Å². The summed E-state index contributed by atoms with van der Waals surface area (Å²) in [4.78, 5) is 42.9. The number of amides is 4. The third kappa shape index (κ3) is 2.44. The number of hydrogen-bond acceptors (Lipinski definition) is 5. The molecule has 1 aromatic heterocycles. The molecule has 2 aliphatic rings. The number of aromatic nitrogens is 1. The van der Waals surface area contributed by atoms with E-state index in [1.165, 1.54) is 16.2 Å². The summed E-state index contributed by atoms with van der Waals surface area (Å²) in [5, 5.41) is 5.03. The molecule has 2 fully saturated rings.